The van der Waals surface area contributed by atoms with E-state index in [1.807, 2.05) is 12.1 Å². The fraction of sp³-hybridized carbons (Fsp3) is 0.182. The zero-order valence-electron chi connectivity index (χ0n) is 17.2. The number of aromatic nitrogens is 3. The van der Waals surface area contributed by atoms with Crippen molar-refractivity contribution in [2.45, 2.75) is 12.8 Å². The van der Waals surface area contributed by atoms with Gasteiger partial charge in [0.2, 0.25) is 0 Å². The van der Waals surface area contributed by atoms with Crippen LogP contribution >= 0.6 is 0 Å². The molecule has 0 atom stereocenters. The molecule has 4 N–H and O–H groups in total. The molecule has 3 heterocycles. The van der Waals surface area contributed by atoms with Crippen molar-refractivity contribution in [3.05, 3.63) is 72.6 Å². The Bertz CT molecular complexity index is 1160. The number of rotatable bonds is 5. The van der Waals surface area contributed by atoms with Gasteiger partial charge in [-0.25, -0.2) is 13.8 Å². The first-order valence-corrected chi connectivity index (χ1v) is 10.0. The predicted octanol–water partition coefficient (Wildman–Crippen LogP) is 3.27. The number of anilines is 3. The summed E-state index contributed by atoms with van der Waals surface area (Å²) in [5.41, 5.74) is 7.36. The number of halogens is 2. The molecule has 10 heteroatoms. The second-order valence-corrected chi connectivity index (χ2v) is 7.21. The van der Waals surface area contributed by atoms with Crippen LogP contribution in [0.2, 0.25) is 0 Å². The third kappa shape index (κ3) is 3.94. The molecule has 0 aliphatic carbocycles. The molecule has 1 saturated heterocycles. The van der Waals surface area contributed by atoms with E-state index < -0.39 is 11.6 Å². The largest absolute Gasteiger partial charge is 0.382 e. The Balaban J connectivity index is 1.70. The maximum absolute atomic E-state index is 14.4. The van der Waals surface area contributed by atoms with Crippen molar-refractivity contribution >= 4 is 23.2 Å². The summed E-state index contributed by atoms with van der Waals surface area (Å²) in [6, 6.07) is 9.19. The van der Waals surface area contributed by atoms with Crippen LogP contribution in [0, 0.1) is 11.6 Å². The van der Waals surface area contributed by atoms with Crippen LogP contribution in [0.15, 0.2) is 60.5 Å². The summed E-state index contributed by atoms with van der Waals surface area (Å²) in [6.45, 7) is 5.65. The molecule has 0 saturated carbocycles. The third-order valence-electron chi connectivity index (χ3n) is 5.26. The molecule has 0 unspecified atom stereocenters. The van der Waals surface area contributed by atoms with Crippen molar-refractivity contribution in [2.75, 3.05) is 28.6 Å². The minimum atomic E-state index is -1.07. The van der Waals surface area contributed by atoms with E-state index in [-0.39, 0.29) is 22.9 Å². The minimum Gasteiger partial charge on any atom is -0.382 e. The monoisotopic (exact) mass is 436 g/mol. The van der Waals surface area contributed by atoms with E-state index in [2.05, 4.69) is 31.8 Å². The molecular weight excluding hydrogens is 414 g/mol. The van der Waals surface area contributed by atoms with Crippen molar-refractivity contribution in [1.82, 2.24) is 15.2 Å². The molecule has 4 rings (SSSR count). The fourth-order valence-electron chi connectivity index (χ4n) is 3.63. The van der Waals surface area contributed by atoms with Gasteiger partial charge in [0.15, 0.2) is 23.3 Å². The number of nitrogens with two attached hydrogens (primary N) is 2. The zero-order valence-corrected chi connectivity index (χ0v) is 17.2. The lowest BCUT2D eigenvalue weighted by atomic mass is 10.1. The highest BCUT2D eigenvalue weighted by molar-refractivity contribution is 6.13. The zero-order chi connectivity index (χ0) is 22.7. The summed E-state index contributed by atoms with van der Waals surface area (Å²) in [6.07, 6.45) is 5.27. The van der Waals surface area contributed by atoms with Crippen LogP contribution in [0.3, 0.4) is 0 Å². The highest BCUT2D eigenvalue weighted by Gasteiger charge is 2.22. The van der Waals surface area contributed by atoms with Crippen LogP contribution in [-0.4, -0.2) is 34.1 Å². The van der Waals surface area contributed by atoms with Crippen LogP contribution in [0.1, 0.15) is 18.4 Å². The number of hydrogen-bond donors (Lipinski definition) is 2. The molecule has 164 valence electrons. The van der Waals surface area contributed by atoms with Gasteiger partial charge >= 0.3 is 0 Å². The molecule has 1 aliphatic heterocycles. The summed E-state index contributed by atoms with van der Waals surface area (Å²) in [5, 5.41) is 11.9. The highest BCUT2D eigenvalue weighted by atomic mass is 19.2. The van der Waals surface area contributed by atoms with Crippen molar-refractivity contribution < 1.29 is 8.78 Å². The minimum absolute atomic E-state index is 0.0169. The normalized spacial score (nSPS) is 13.9. The molecule has 0 radical (unpaired) electrons. The van der Waals surface area contributed by atoms with E-state index in [0.29, 0.717) is 11.3 Å². The molecule has 1 fully saturated rings. The number of nitrogens with zero attached hydrogens (tertiary/aromatic N) is 6. The summed E-state index contributed by atoms with van der Waals surface area (Å²) >= 11 is 0. The maximum Gasteiger partial charge on any atom is 0.182 e. The van der Waals surface area contributed by atoms with E-state index >= 15 is 0 Å². The summed E-state index contributed by atoms with van der Waals surface area (Å²) in [5.74, 6) is 4.47. The maximum atomic E-state index is 14.4. The lowest BCUT2D eigenvalue weighted by Gasteiger charge is -2.23. The predicted molar refractivity (Wildman–Crippen MR) is 121 cm³/mol. The summed E-state index contributed by atoms with van der Waals surface area (Å²) in [7, 11) is 0. The van der Waals surface area contributed by atoms with E-state index in [1.54, 1.807) is 12.3 Å². The lowest BCUT2D eigenvalue weighted by Crippen LogP contribution is -2.29. The van der Waals surface area contributed by atoms with Gasteiger partial charge in [0.05, 0.1) is 16.9 Å². The van der Waals surface area contributed by atoms with Crippen molar-refractivity contribution in [2.24, 2.45) is 10.9 Å². The van der Waals surface area contributed by atoms with Crippen molar-refractivity contribution in [3.8, 4) is 11.3 Å². The standard InChI is InChI=1S/C22H22F2N8/c1-2-32(18-7-5-6-16(23)20(18)24)22(28-26)15-12-17(29-30-21(15)25)14-8-9-19(27-13-14)31-10-3-4-11-31/h2,5-9,12-13H,1,3-4,10-11,26H2,(H2,25,30)/b28-22-. The molecule has 1 aliphatic rings. The van der Waals surface area contributed by atoms with Crippen LogP contribution in [0.5, 0.6) is 0 Å². The fourth-order valence-corrected chi connectivity index (χ4v) is 3.63. The Morgan fingerprint density at radius 2 is 1.94 bits per heavy atom. The lowest BCUT2D eigenvalue weighted by molar-refractivity contribution is 0.510. The van der Waals surface area contributed by atoms with Gasteiger partial charge in [0.1, 0.15) is 5.82 Å². The molecule has 32 heavy (non-hydrogen) atoms. The van der Waals surface area contributed by atoms with Gasteiger partial charge in [-0.05, 0) is 43.2 Å². The molecule has 0 spiro atoms. The molecular formula is C22H22F2N8. The van der Waals surface area contributed by atoms with Gasteiger partial charge in [-0.2, -0.15) is 5.10 Å². The number of amidine groups is 1. The van der Waals surface area contributed by atoms with E-state index in [1.165, 1.54) is 23.2 Å². The van der Waals surface area contributed by atoms with Crippen LogP contribution < -0.4 is 21.4 Å². The number of pyridine rings is 1. The van der Waals surface area contributed by atoms with E-state index in [9.17, 15) is 8.78 Å². The van der Waals surface area contributed by atoms with Gasteiger partial charge in [0.25, 0.3) is 0 Å². The highest BCUT2D eigenvalue weighted by Crippen LogP contribution is 2.27. The third-order valence-corrected chi connectivity index (χ3v) is 5.26. The van der Waals surface area contributed by atoms with Crippen LogP contribution in [0.4, 0.5) is 26.1 Å². The Morgan fingerprint density at radius 3 is 2.59 bits per heavy atom. The molecule has 0 bridgehead atoms. The SMILES string of the molecule is C=CN(/C(=N\N)c1cc(-c2ccc(N3CCCC3)nc2)nnc1N)c1cccc(F)c1F. The summed E-state index contributed by atoms with van der Waals surface area (Å²) < 4.78 is 28.2. The second-order valence-electron chi connectivity index (χ2n) is 7.21. The average Bonchev–Trinajstić information content (AvgIpc) is 3.35. The van der Waals surface area contributed by atoms with Crippen molar-refractivity contribution in [1.29, 1.82) is 0 Å². The van der Waals surface area contributed by atoms with Gasteiger partial charge in [-0.3, -0.25) is 4.90 Å². The quantitative estimate of drug-likeness (QED) is 0.273. The smallest absolute Gasteiger partial charge is 0.182 e. The number of hydrazone groups is 1. The molecule has 8 nitrogen and oxygen atoms in total. The first-order chi connectivity index (χ1) is 15.5. The average molecular weight is 436 g/mol. The number of benzene rings is 1. The van der Waals surface area contributed by atoms with Crippen LogP contribution in [-0.2, 0) is 0 Å². The Labute approximate surface area is 183 Å². The summed E-state index contributed by atoms with van der Waals surface area (Å²) in [4.78, 5) is 7.95. The number of nitrogen functional groups attached to an aromatic ring is 1. The van der Waals surface area contributed by atoms with Gasteiger partial charge < -0.3 is 16.5 Å². The number of hydrogen-bond acceptors (Lipinski definition) is 7. The molecule has 0 amide bonds. The molecule has 1 aromatic carbocycles. The van der Waals surface area contributed by atoms with Crippen molar-refractivity contribution in [3.63, 3.8) is 0 Å². The Hall–Kier alpha value is -4.08. The molecule has 2 aromatic heterocycles. The van der Waals surface area contributed by atoms with E-state index in [4.69, 9.17) is 11.6 Å². The Morgan fingerprint density at radius 1 is 1.16 bits per heavy atom. The van der Waals surface area contributed by atoms with E-state index in [0.717, 1.165) is 37.8 Å². The first-order valence-electron chi connectivity index (χ1n) is 10.0. The van der Waals surface area contributed by atoms with Gasteiger partial charge in [0, 0.05) is 31.0 Å². The topological polar surface area (TPSA) is 110 Å². The van der Waals surface area contributed by atoms with Gasteiger partial charge in [-0.15, -0.1) is 10.2 Å². The first kappa shape index (κ1) is 21.2. The second kappa shape index (κ2) is 8.96. The van der Waals surface area contributed by atoms with Crippen LogP contribution in [0.25, 0.3) is 11.3 Å². The Kier molecular flexibility index (Phi) is 5.93. The van der Waals surface area contributed by atoms with Gasteiger partial charge in [-0.1, -0.05) is 12.6 Å². The molecule has 3 aromatic rings.